The molecule has 0 aliphatic carbocycles. The first-order valence-electron chi connectivity index (χ1n) is 8.27. The van der Waals surface area contributed by atoms with E-state index in [0.717, 1.165) is 16.2 Å². The summed E-state index contributed by atoms with van der Waals surface area (Å²) in [5.41, 5.74) is 1.49. The highest BCUT2D eigenvalue weighted by atomic mass is 79.9. The molecule has 0 bridgehead atoms. The summed E-state index contributed by atoms with van der Waals surface area (Å²) in [7, 11) is -3.87. The normalized spacial score (nSPS) is 18.0. The molecule has 1 aliphatic heterocycles. The molecule has 0 radical (unpaired) electrons. The lowest BCUT2D eigenvalue weighted by molar-refractivity contribution is -0.119. The number of amides is 1. The lowest BCUT2D eigenvalue weighted by Gasteiger charge is -2.23. The summed E-state index contributed by atoms with van der Waals surface area (Å²) in [6.07, 6.45) is 1.10. The average Bonchev–Trinajstić information content (AvgIpc) is 3.32. The lowest BCUT2D eigenvalue weighted by Crippen LogP contribution is -2.43. The van der Waals surface area contributed by atoms with Crippen LogP contribution >= 0.6 is 27.7 Å². The van der Waals surface area contributed by atoms with E-state index in [0.29, 0.717) is 36.1 Å². The molecule has 1 aromatic heterocycles. The van der Waals surface area contributed by atoms with E-state index in [-0.39, 0.29) is 10.8 Å². The summed E-state index contributed by atoms with van der Waals surface area (Å²) in [6.45, 7) is 0.296. The molecule has 0 unspecified atom stereocenters. The number of benzene rings is 2. The van der Waals surface area contributed by atoms with E-state index in [1.807, 2.05) is 12.1 Å². The zero-order chi connectivity index (χ0) is 19.0. The second-order valence-electron chi connectivity index (χ2n) is 6.13. The van der Waals surface area contributed by atoms with E-state index in [1.54, 1.807) is 24.3 Å². The van der Waals surface area contributed by atoms with Gasteiger partial charge in [-0.25, -0.2) is 8.42 Å². The maximum Gasteiger partial charge on any atom is 0.246 e. The third-order valence-electron chi connectivity index (χ3n) is 4.47. The van der Waals surface area contributed by atoms with Crippen molar-refractivity contribution in [3.05, 3.63) is 46.9 Å². The Hall–Kier alpha value is -1.88. The first kappa shape index (κ1) is 18.5. The van der Waals surface area contributed by atoms with Crippen LogP contribution in [0.15, 0.2) is 51.8 Å². The van der Waals surface area contributed by atoms with Crippen molar-refractivity contribution in [3.63, 3.8) is 0 Å². The number of nitrogens with one attached hydrogen (secondary N) is 1. The van der Waals surface area contributed by atoms with Crippen molar-refractivity contribution in [1.29, 1.82) is 0 Å². The lowest BCUT2D eigenvalue weighted by atomic mass is 10.2. The fourth-order valence-electron chi connectivity index (χ4n) is 3.18. The Bertz CT molecular complexity index is 1120. The number of para-hydroxylation sites is 1. The van der Waals surface area contributed by atoms with Gasteiger partial charge >= 0.3 is 0 Å². The standard InChI is InChI=1S/C17H15BrN4O3S2/c18-11-5-1-2-6-12(11)19-17(23)14-8-4-10-22(14)27(24,25)15-9-3-7-13-16(15)21-26-20-13/h1-3,5-7,9,14H,4,8,10H2,(H,19,23)/t14-/m0/s1. The molecule has 27 heavy (non-hydrogen) atoms. The third-order valence-corrected chi connectivity index (χ3v) is 7.65. The number of hydrogen-bond donors (Lipinski definition) is 1. The third kappa shape index (κ3) is 3.38. The van der Waals surface area contributed by atoms with Crippen molar-refractivity contribution in [2.75, 3.05) is 11.9 Å². The van der Waals surface area contributed by atoms with Crippen molar-refractivity contribution in [3.8, 4) is 0 Å². The van der Waals surface area contributed by atoms with E-state index in [4.69, 9.17) is 0 Å². The highest BCUT2D eigenvalue weighted by Crippen LogP contribution is 2.31. The first-order chi connectivity index (χ1) is 13.0. The Morgan fingerprint density at radius 3 is 2.81 bits per heavy atom. The fourth-order valence-corrected chi connectivity index (χ4v) is 5.98. The smallest absolute Gasteiger partial charge is 0.246 e. The van der Waals surface area contributed by atoms with Crippen molar-refractivity contribution < 1.29 is 13.2 Å². The number of halogens is 1. The zero-order valence-electron chi connectivity index (χ0n) is 14.0. The highest BCUT2D eigenvalue weighted by Gasteiger charge is 2.40. The maximum absolute atomic E-state index is 13.3. The zero-order valence-corrected chi connectivity index (χ0v) is 17.2. The number of carbonyl (C=O) groups excluding carboxylic acids is 1. The molecule has 0 spiro atoms. The van der Waals surface area contributed by atoms with Gasteiger partial charge in [-0.15, -0.1) is 0 Å². The molecular formula is C17H15BrN4O3S2. The van der Waals surface area contributed by atoms with Gasteiger partial charge < -0.3 is 5.32 Å². The summed E-state index contributed by atoms with van der Waals surface area (Å²) in [5, 5.41) is 2.82. The molecule has 140 valence electrons. The summed E-state index contributed by atoms with van der Waals surface area (Å²) in [6, 6.07) is 11.3. The van der Waals surface area contributed by atoms with Crippen molar-refractivity contribution in [2.24, 2.45) is 0 Å². The Kier molecular flexibility index (Phi) is 4.97. The van der Waals surface area contributed by atoms with Gasteiger partial charge in [-0.3, -0.25) is 4.79 Å². The van der Waals surface area contributed by atoms with Crippen LogP contribution in [-0.4, -0.2) is 40.0 Å². The molecule has 2 aromatic carbocycles. The molecule has 10 heteroatoms. The molecule has 1 fully saturated rings. The molecule has 1 N–H and O–H groups in total. The summed E-state index contributed by atoms with van der Waals surface area (Å²) in [4.78, 5) is 12.9. The number of fused-ring (bicyclic) bond motifs is 1. The number of carbonyl (C=O) groups is 1. The predicted octanol–water partition coefficient (Wildman–Crippen LogP) is 3.25. The van der Waals surface area contributed by atoms with Gasteiger partial charge in [0.2, 0.25) is 15.9 Å². The van der Waals surface area contributed by atoms with Crippen LogP contribution in [0.5, 0.6) is 0 Å². The van der Waals surface area contributed by atoms with Crippen LogP contribution in [0.25, 0.3) is 11.0 Å². The van der Waals surface area contributed by atoms with Crippen LogP contribution in [0, 0.1) is 0 Å². The second kappa shape index (κ2) is 7.27. The Morgan fingerprint density at radius 1 is 1.19 bits per heavy atom. The van der Waals surface area contributed by atoms with Gasteiger partial charge in [-0.1, -0.05) is 18.2 Å². The topological polar surface area (TPSA) is 92.3 Å². The fraction of sp³-hybridized carbons (Fsp3) is 0.235. The maximum atomic E-state index is 13.3. The highest BCUT2D eigenvalue weighted by molar-refractivity contribution is 9.10. The molecule has 4 rings (SSSR count). The predicted molar refractivity (Wildman–Crippen MR) is 107 cm³/mol. The van der Waals surface area contributed by atoms with Crippen LogP contribution in [-0.2, 0) is 14.8 Å². The van der Waals surface area contributed by atoms with Crippen LogP contribution in [0.4, 0.5) is 5.69 Å². The molecule has 3 aromatic rings. The minimum Gasteiger partial charge on any atom is -0.324 e. The van der Waals surface area contributed by atoms with Crippen molar-refractivity contribution >= 4 is 60.3 Å². The Labute approximate surface area is 168 Å². The van der Waals surface area contributed by atoms with Gasteiger partial charge in [0.25, 0.3) is 0 Å². The summed E-state index contributed by atoms with van der Waals surface area (Å²) < 4.78 is 36.7. The number of nitrogens with zero attached hydrogens (tertiary/aromatic N) is 3. The number of hydrogen-bond acceptors (Lipinski definition) is 6. The molecule has 1 amide bonds. The average molecular weight is 467 g/mol. The van der Waals surface area contributed by atoms with E-state index in [1.165, 1.54) is 10.4 Å². The molecule has 1 aliphatic rings. The molecule has 1 atom stereocenters. The first-order valence-corrected chi connectivity index (χ1v) is 11.2. The van der Waals surface area contributed by atoms with Gasteiger partial charge in [0, 0.05) is 11.0 Å². The summed E-state index contributed by atoms with van der Waals surface area (Å²) >= 11 is 4.36. The number of sulfonamides is 1. The molecule has 2 heterocycles. The van der Waals surface area contributed by atoms with Crippen molar-refractivity contribution in [2.45, 2.75) is 23.8 Å². The van der Waals surface area contributed by atoms with Gasteiger partial charge in [0.15, 0.2) is 0 Å². The summed E-state index contributed by atoms with van der Waals surface area (Å²) in [5.74, 6) is -0.341. The number of rotatable bonds is 4. The molecule has 7 nitrogen and oxygen atoms in total. The minimum atomic E-state index is -3.87. The van der Waals surface area contributed by atoms with Gasteiger partial charge in [0.1, 0.15) is 22.0 Å². The van der Waals surface area contributed by atoms with E-state index in [9.17, 15) is 13.2 Å². The molecule has 0 saturated carbocycles. The largest absolute Gasteiger partial charge is 0.324 e. The SMILES string of the molecule is O=C(Nc1ccccc1Br)[C@@H]1CCCN1S(=O)(=O)c1cccc2nsnc12. The van der Waals surface area contributed by atoms with Crippen LogP contribution in [0.2, 0.25) is 0 Å². The Morgan fingerprint density at radius 2 is 2.00 bits per heavy atom. The van der Waals surface area contributed by atoms with E-state index < -0.39 is 16.1 Å². The van der Waals surface area contributed by atoms with Gasteiger partial charge in [0.05, 0.1) is 17.4 Å². The van der Waals surface area contributed by atoms with E-state index >= 15 is 0 Å². The number of anilines is 1. The van der Waals surface area contributed by atoms with Crippen LogP contribution in [0.1, 0.15) is 12.8 Å². The van der Waals surface area contributed by atoms with E-state index in [2.05, 4.69) is 30.0 Å². The van der Waals surface area contributed by atoms with Crippen molar-refractivity contribution in [1.82, 2.24) is 13.1 Å². The van der Waals surface area contributed by atoms with Gasteiger partial charge in [-0.2, -0.15) is 13.1 Å². The monoisotopic (exact) mass is 466 g/mol. The molecular weight excluding hydrogens is 452 g/mol. The molecule has 1 saturated heterocycles. The van der Waals surface area contributed by atoms with Crippen LogP contribution in [0.3, 0.4) is 0 Å². The second-order valence-corrected chi connectivity index (χ2v) is 9.37. The minimum absolute atomic E-state index is 0.0920. The van der Waals surface area contributed by atoms with Crippen LogP contribution < -0.4 is 5.32 Å². The number of aromatic nitrogens is 2. The Balaban J connectivity index is 1.65. The quantitative estimate of drug-likeness (QED) is 0.636. The van der Waals surface area contributed by atoms with Gasteiger partial charge in [-0.05, 0) is 53.0 Å².